The zero-order valence-corrected chi connectivity index (χ0v) is 11.5. The van der Waals surface area contributed by atoms with E-state index in [1.807, 2.05) is 6.92 Å². The summed E-state index contributed by atoms with van der Waals surface area (Å²) in [5, 5.41) is 0.440. The van der Waals surface area contributed by atoms with Crippen LogP contribution in [0.4, 0.5) is 0 Å². The molecule has 0 aliphatic heterocycles. The molecular weight excluding hydrogens is 240 g/mol. The Morgan fingerprint density at radius 1 is 1.18 bits per heavy atom. The highest BCUT2D eigenvalue weighted by molar-refractivity contribution is 6.30. The normalized spacial score (nSPS) is 10.9. The van der Waals surface area contributed by atoms with E-state index in [9.17, 15) is 0 Å². The lowest BCUT2D eigenvalue weighted by molar-refractivity contribution is 0.0803. The standard InChI is InChI=1S/C12H19ClN2O2/c1-8(2)7-16-5-6-17-12-9(3)11(13)14-10(4)15-12/h8H,5-7H2,1-4H3. The molecule has 0 amide bonds. The van der Waals surface area contributed by atoms with Crippen molar-refractivity contribution in [1.29, 1.82) is 0 Å². The molecule has 0 aliphatic carbocycles. The zero-order chi connectivity index (χ0) is 12.8. The Balaban J connectivity index is 2.41. The summed E-state index contributed by atoms with van der Waals surface area (Å²) in [6, 6.07) is 0. The van der Waals surface area contributed by atoms with E-state index in [1.54, 1.807) is 6.92 Å². The zero-order valence-electron chi connectivity index (χ0n) is 10.8. The van der Waals surface area contributed by atoms with Gasteiger partial charge in [0.2, 0.25) is 5.88 Å². The van der Waals surface area contributed by atoms with E-state index in [4.69, 9.17) is 21.1 Å². The first-order chi connectivity index (χ1) is 8.00. The van der Waals surface area contributed by atoms with Gasteiger partial charge in [0.15, 0.2) is 0 Å². The van der Waals surface area contributed by atoms with Crippen LogP contribution in [0.15, 0.2) is 0 Å². The summed E-state index contributed by atoms with van der Waals surface area (Å²) in [7, 11) is 0. The Hall–Kier alpha value is -0.870. The molecule has 0 saturated carbocycles. The van der Waals surface area contributed by atoms with Gasteiger partial charge in [-0.15, -0.1) is 0 Å². The number of aromatic nitrogens is 2. The van der Waals surface area contributed by atoms with Gasteiger partial charge in [-0.3, -0.25) is 0 Å². The third kappa shape index (κ3) is 4.88. The molecule has 17 heavy (non-hydrogen) atoms. The van der Waals surface area contributed by atoms with Crippen LogP contribution in [0.3, 0.4) is 0 Å². The molecule has 0 N–H and O–H groups in total. The van der Waals surface area contributed by atoms with Crippen LogP contribution in [0.1, 0.15) is 25.2 Å². The SMILES string of the molecule is Cc1nc(Cl)c(C)c(OCCOCC(C)C)n1. The monoisotopic (exact) mass is 258 g/mol. The fourth-order valence-electron chi connectivity index (χ4n) is 1.23. The van der Waals surface area contributed by atoms with Gasteiger partial charge in [0.1, 0.15) is 17.6 Å². The summed E-state index contributed by atoms with van der Waals surface area (Å²) in [6.45, 7) is 9.61. The van der Waals surface area contributed by atoms with Crippen molar-refractivity contribution >= 4 is 11.6 Å². The molecule has 0 saturated heterocycles. The molecular formula is C12H19ClN2O2. The molecule has 4 nitrogen and oxygen atoms in total. The number of ether oxygens (including phenoxy) is 2. The minimum Gasteiger partial charge on any atom is -0.475 e. The molecule has 0 spiro atoms. The van der Waals surface area contributed by atoms with Gasteiger partial charge in [0.05, 0.1) is 6.61 Å². The second kappa shape index (κ2) is 6.77. The van der Waals surface area contributed by atoms with Crippen LogP contribution in [-0.4, -0.2) is 29.8 Å². The van der Waals surface area contributed by atoms with E-state index in [1.165, 1.54) is 0 Å². The summed E-state index contributed by atoms with van der Waals surface area (Å²) < 4.78 is 10.9. The third-order valence-corrected chi connectivity index (χ3v) is 2.44. The summed E-state index contributed by atoms with van der Waals surface area (Å²) in [4.78, 5) is 8.24. The van der Waals surface area contributed by atoms with Crippen molar-refractivity contribution in [3.05, 3.63) is 16.5 Å². The molecule has 96 valence electrons. The van der Waals surface area contributed by atoms with Crippen molar-refractivity contribution < 1.29 is 9.47 Å². The van der Waals surface area contributed by atoms with Crippen LogP contribution in [0.2, 0.25) is 5.15 Å². The molecule has 0 unspecified atom stereocenters. The highest BCUT2D eigenvalue weighted by Crippen LogP contribution is 2.21. The first-order valence-electron chi connectivity index (χ1n) is 5.72. The van der Waals surface area contributed by atoms with Gasteiger partial charge in [-0.2, -0.15) is 4.98 Å². The Bertz CT molecular complexity index is 370. The molecule has 1 rings (SSSR count). The largest absolute Gasteiger partial charge is 0.475 e. The lowest BCUT2D eigenvalue weighted by Crippen LogP contribution is -2.12. The second-order valence-corrected chi connectivity index (χ2v) is 4.67. The van der Waals surface area contributed by atoms with E-state index in [0.717, 1.165) is 12.2 Å². The van der Waals surface area contributed by atoms with Gasteiger partial charge in [-0.1, -0.05) is 25.4 Å². The molecule has 5 heteroatoms. The highest BCUT2D eigenvalue weighted by Gasteiger charge is 2.08. The van der Waals surface area contributed by atoms with E-state index >= 15 is 0 Å². The van der Waals surface area contributed by atoms with Gasteiger partial charge in [-0.25, -0.2) is 4.98 Å². The minimum absolute atomic E-state index is 0.440. The minimum atomic E-state index is 0.440. The van der Waals surface area contributed by atoms with Crippen molar-refractivity contribution in [2.24, 2.45) is 5.92 Å². The quantitative estimate of drug-likeness (QED) is 0.581. The first-order valence-corrected chi connectivity index (χ1v) is 6.09. The maximum atomic E-state index is 5.94. The average Bonchev–Trinajstić information content (AvgIpc) is 2.23. The number of aryl methyl sites for hydroxylation is 1. The lowest BCUT2D eigenvalue weighted by Gasteiger charge is -2.10. The van der Waals surface area contributed by atoms with E-state index in [2.05, 4.69) is 23.8 Å². The van der Waals surface area contributed by atoms with Crippen molar-refractivity contribution in [2.45, 2.75) is 27.7 Å². The number of hydrogen-bond acceptors (Lipinski definition) is 4. The third-order valence-electron chi connectivity index (χ3n) is 2.07. The van der Waals surface area contributed by atoms with E-state index in [0.29, 0.717) is 36.0 Å². The van der Waals surface area contributed by atoms with Crippen molar-refractivity contribution in [3.8, 4) is 5.88 Å². The van der Waals surface area contributed by atoms with Gasteiger partial charge in [0.25, 0.3) is 0 Å². The molecule has 0 aromatic carbocycles. The van der Waals surface area contributed by atoms with E-state index in [-0.39, 0.29) is 0 Å². The van der Waals surface area contributed by atoms with Crippen LogP contribution in [-0.2, 0) is 4.74 Å². The number of halogens is 1. The van der Waals surface area contributed by atoms with Crippen LogP contribution < -0.4 is 4.74 Å². The fourth-order valence-corrected chi connectivity index (χ4v) is 1.43. The second-order valence-electron chi connectivity index (χ2n) is 4.31. The number of rotatable bonds is 6. The molecule has 0 radical (unpaired) electrons. The Morgan fingerprint density at radius 2 is 1.88 bits per heavy atom. The number of nitrogens with zero attached hydrogens (tertiary/aromatic N) is 2. The molecule has 0 bridgehead atoms. The Kier molecular flexibility index (Phi) is 5.65. The summed E-state index contributed by atoms with van der Waals surface area (Å²) in [6.07, 6.45) is 0. The van der Waals surface area contributed by atoms with Gasteiger partial charge < -0.3 is 9.47 Å². The average molecular weight is 259 g/mol. The smallest absolute Gasteiger partial charge is 0.221 e. The Morgan fingerprint density at radius 3 is 2.53 bits per heavy atom. The Labute approximate surface area is 107 Å². The maximum absolute atomic E-state index is 5.94. The van der Waals surface area contributed by atoms with Gasteiger partial charge in [-0.05, 0) is 19.8 Å². The predicted octanol–water partition coefficient (Wildman–Crippen LogP) is 2.80. The number of hydrogen-bond donors (Lipinski definition) is 0. The molecule has 1 aromatic rings. The molecule has 0 aliphatic rings. The maximum Gasteiger partial charge on any atom is 0.221 e. The molecule has 1 heterocycles. The van der Waals surface area contributed by atoms with Crippen molar-refractivity contribution in [3.63, 3.8) is 0 Å². The van der Waals surface area contributed by atoms with Crippen LogP contribution in [0.25, 0.3) is 0 Å². The molecule has 1 aromatic heterocycles. The predicted molar refractivity (Wildman–Crippen MR) is 67.7 cm³/mol. The topological polar surface area (TPSA) is 44.2 Å². The van der Waals surface area contributed by atoms with Gasteiger partial charge >= 0.3 is 0 Å². The molecule has 0 fully saturated rings. The lowest BCUT2D eigenvalue weighted by atomic mass is 10.2. The summed E-state index contributed by atoms with van der Waals surface area (Å²) >= 11 is 5.94. The summed E-state index contributed by atoms with van der Waals surface area (Å²) in [5.41, 5.74) is 0.765. The van der Waals surface area contributed by atoms with Crippen molar-refractivity contribution in [1.82, 2.24) is 9.97 Å². The highest BCUT2D eigenvalue weighted by atomic mass is 35.5. The first kappa shape index (κ1) is 14.2. The fraction of sp³-hybridized carbons (Fsp3) is 0.667. The van der Waals surface area contributed by atoms with Crippen LogP contribution >= 0.6 is 11.6 Å². The van der Waals surface area contributed by atoms with Gasteiger partial charge in [0, 0.05) is 12.2 Å². The molecule has 0 atom stereocenters. The van der Waals surface area contributed by atoms with Crippen LogP contribution in [0, 0.1) is 19.8 Å². The van der Waals surface area contributed by atoms with Crippen molar-refractivity contribution in [2.75, 3.05) is 19.8 Å². The van der Waals surface area contributed by atoms with Crippen LogP contribution in [0.5, 0.6) is 5.88 Å². The van der Waals surface area contributed by atoms with E-state index < -0.39 is 0 Å². The summed E-state index contributed by atoms with van der Waals surface area (Å²) in [5.74, 6) is 1.68.